The van der Waals surface area contributed by atoms with Crippen molar-refractivity contribution in [2.45, 2.75) is 13.3 Å². The number of hydrogen-bond acceptors (Lipinski definition) is 3. The van der Waals surface area contributed by atoms with Gasteiger partial charge in [-0.3, -0.25) is 4.79 Å². The molecule has 0 aliphatic heterocycles. The first-order chi connectivity index (χ1) is 10.2. The predicted octanol–water partition coefficient (Wildman–Crippen LogP) is 3.63. The van der Waals surface area contributed by atoms with Crippen molar-refractivity contribution in [2.75, 3.05) is 5.32 Å². The maximum absolute atomic E-state index is 11.9. The number of anilines is 1. The summed E-state index contributed by atoms with van der Waals surface area (Å²) in [6.07, 6.45) is 2.10. The SMILES string of the molecule is Cc1[nH]cnc1-c1ccc(NC(=O)Cc2cccs2)cc1. The number of carbonyl (C=O) groups is 1. The number of aromatic amines is 1. The van der Waals surface area contributed by atoms with Crippen LogP contribution < -0.4 is 5.32 Å². The summed E-state index contributed by atoms with van der Waals surface area (Å²) in [4.78, 5) is 20.3. The first-order valence-corrected chi connectivity index (χ1v) is 7.53. The fourth-order valence-corrected chi connectivity index (χ4v) is 2.84. The molecule has 21 heavy (non-hydrogen) atoms. The molecule has 2 heterocycles. The molecule has 106 valence electrons. The third-order valence-corrected chi connectivity index (χ3v) is 4.06. The van der Waals surface area contributed by atoms with Crippen LogP contribution in [-0.4, -0.2) is 15.9 Å². The van der Waals surface area contributed by atoms with Gasteiger partial charge in [0.1, 0.15) is 0 Å². The van der Waals surface area contributed by atoms with Gasteiger partial charge in [0.05, 0.1) is 18.4 Å². The van der Waals surface area contributed by atoms with E-state index in [-0.39, 0.29) is 5.91 Å². The van der Waals surface area contributed by atoms with E-state index in [1.807, 2.05) is 48.7 Å². The first kappa shape index (κ1) is 13.6. The Kier molecular flexibility index (Phi) is 3.83. The van der Waals surface area contributed by atoms with Crippen LogP contribution >= 0.6 is 11.3 Å². The minimum absolute atomic E-state index is 0.00106. The summed E-state index contributed by atoms with van der Waals surface area (Å²) in [5, 5.41) is 4.88. The molecule has 2 aromatic heterocycles. The zero-order chi connectivity index (χ0) is 14.7. The minimum Gasteiger partial charge on any atom is -0.348 e. The molecule has 0 atom stereocenters. The highest BCUT2D eigenvalue weighted by atomic mass is 32.1. The largest absolute Gasteiger partial charge is 0.348 e. The Bertz CT molecular complexity index is 729. The molecule has 5 heteroatoms. The van der Waals surface area contributed by atoms with E-state index in [4.69, 9.17) is 0 Å². The summed E-state index contributed by atoms with van der Waals surface area (Å²) < 4.78 is 0. The van der Waals surface area contributed by atoms with Gasteiger partial charge in [-0.1, -0.05) is 18.2 Å². The van der Waals surface area contributed by atoms with Gasteiger partial charge in [0.25, 0.3) is 0 Å². The maximum atomic E-state index is 11.9. The second kappa shape index (κ2) is 5.93. The topological polar surface area (TPSA) is 57.8 Å². The number of amides is 1. The van der Waals surface area contributed by atoms with Crippen LogP contribution in [0.25, 0.3) is 11.3 Å². The summed E-state index contributed by atoms with van der Waals surface area (Å²) in [6.45, 7) is 1.99. The fraction of sp³-hybridized carbons (Fsp3) is 0.125. The Morgan fingerprint density at radius 2 is 2.10 bits per heavy atom. The van der Waals surface area contributed by atoms with Crippen LogP contribution in [0.4, 0.5) is 5.69 Å². The van der Waals surface area contributed by atoms with Gasteiger partial charge in [0.2, 0.25) is 5.91 Å². The summed E-state index contributed by atoms with van der Waals surface area (Å²) in [7, 11) is 0. The quantitative estimate of drug-likeness (QED) is 0.772. The number of rotatable bonds is 4. The van der Waals surface area contributed by atoms with E-state index in [2.05, 4.69) is 15.3 Å². The lowest BCUT2D eigenvalue weighted by atomic mass is 10.1. The van der Waals surface area contributed by atoms with E-state index >= 15 is 0 Å². The number of imidazole rings is 1. The van der Waals surface area contributed by atoms with E-state index in [0.29, 0.717) is 6.42 Å². The highest BCUT2D eigenvalue weighted by Crippen LogP contribution is 2.22. The summed E-state index contributed by atoms with van der Waals surface area (Å²) >= 11 is 1.59. The number of aryl methyl sites for hydroxylation is 1. The molecule has 4 nitrogen and oxygen atoms in total. The molecule has 1 amide bonds. The lowest BCUT2D eigenvalue weighted by Gasteiger charge is -2.05. The van der Waals surface area contributed by atoms with Gasteiger partial charge >= 0.3 is 0 Å². The maximum Gasteiger partial charge on any atom is 0.229 e. The Morgan fingerprint density at radius 1 is 1.29 bits per heavy atom. The average molecular weight is 297 g/mol. The van der Waals surface area contributed by atoms with Crippen LogP contribution in [0.1, 0.15) is 10.6 Å². The third-order valence-electron chi connectivity index (χ3n) is 3.19. The van der Waals surface area contributed by atoms with Gasteiger partial charge in [0, 0.05) is 21.8 Å². The van der Waals surface area contributed by atoms with Crippen LogP contribution in [-0.2, 0) is 11.2 Å². The van der Waals surface area contributed by atoms with E-state index in [1.54, 1.807) is 17.7 Å². The highest BCUT2D eigenvalue weighted by molar-refractivity contribution is 7.10. The molecule has 0 saturated heterocycles. The van der Waals surface area contributed by atoms with Crippen molar-refractivity contribution in [1.82, 2.24) is 9.97 Å². The molecule has 0 bridgehead atoms. The molecule has 0 radical (unpaired) electrons. The van der Waals surface area contributed by atoms with Crippen molar-refractivity contribution >= 4 is 22.9 Å². The van der Waals surface area contributed by atoms with Gasteiger partial charge < -0.3 is 10.3 Å². The zero-order valence-corrected chi connectivity index (χ0v) is 12.4. The second-order valence-corrected chi connectivity index (χ2v) is 5.79. The number of nitrogens with zero attached hydrogens (tertiary/aromatic N) is 1. The molecular formula is C16H15N3OS. The van der Waals surface area contributed by atoms with E-state index in [9.17, 15) is 4.79 Å². The smallest absolute Gasteiger partial charge is 0.229 e. The van der Waals surface area contributed by atoms with Crippen molar-refractivity contribution in [2.24, 2.45) is 0 Å². The molecule has 0 spiro atoms. The Morgan fingerprint density at radius 3 is 2.71 bits per heavy atom. The molecule has 0 aliphatic carbocycles. The van der Waals surface area contributed by atoms with E-state index < -0.39 is 0 Å². The monoisotopic (exact) mass is 297 g/mol. The number of H-pyrrole nitrogens is 1. The Labute approximate surface area is 126 Å². The van der Waals surface area contributed by atoms with E-state index in [0.717, 1.165) is 27.5 Å². The standard InChI is InChI=1S/C16H15N3OS/c1-11-16(18-10-17-11)12-4-6-13(7-5-12)19-15(20)9-14-3-2-8-21-14/h2-8,10H,9H2,1H3,(H,17,18)(H,19,20). The molecular weight excluding hydrogens is 282 g/mol. The number of thiophene rings is 1. The molecule has 1 aromatic carbocycles. The highest BCUT2D eigenvalue weighted by Gasteiger charge is 2.07. The van der Waals surface area contributed by atoms with Crippen molar-refractivity contribution in [3.05, 3.63) is 58.7 Å². The molecule has 0 saturated carbocycles. The van der Waals surface area contributed by atoms with Crippen molar-refractivity contribution < 1.29 is 4.79 Å². The number of carbonyl (C=O) groups excluding carboxylic acids is 1. The van der Waals surface area contributed by atoms with E-state index in [1.165, 1.54) is 0 Å². The summed E-state index contributed by atoms with van der Waals surface area (Å²) in [5.74, 6) is 0.00106. The number of nitrogens with one attached hydrogen (secondary N) is 2. The molecule has 0 fully saturated rings. The van der Waals surface area contributed by atoms with Crippen molar-refractivity contribution in [3.8, 4) is 11.3 Å². The first-order valence-electron chi connectivity index (χ1n) is 6.65. The number of hydrogen-bond donors (Lipinski definition) is 2. The third kappa shape index (κ3) is 3.20. The van der Waals surface area contributed by atoms with Gasteiger partial charge in [-0.2, -0.15) is 0 Å². The molecule has 0 unspecified atom stereocenters. The van der Waals surface area contributed by atoms with Crippen LogP contribution in [0.15, 0.2) is 48.1 Å². The number of benzene rings is 1. The van der Waals surface area contributed by atoms with Crippen LogP contribution in [0.2, 0.25) is 0 Å². The van der Waals surface area contributed by atoms with Gasteiger partial charge in [-0.15, -0.1) is 11.3 Å². The number of aromatic nitrogens is 2. The second-order valence-electron chi connectivity index (χ2n) is 4.76. The molecule has 2 N–H and O–H groups in total. The lowest BCUT2D eigenvalue weighted by molar-refractivity contribution is -0.115. The van der Waals surface area contributed by atoms with Gasteiger partial charge in [0.15, 0.2) is 0 Å². The van der Waals surface area contributed by atoms with Gasteiger partial charge in [-0.05, 0) is 30.5 Å². The lowest BCUT2D eigenvalue weighted by Crippen LogP contribution is -2.13. The Hall–Kier alpha value is -2.40. The predicted molar refractivity (Wildman–Crippen MR) is 85.4 cm³/mol. The van der Waals surface area contributed by atoms with Crippen molar-refractivity contribution in [1.29, 1.82) is 0 Å². The zero-order valence-electron chi connectivity index (χ0n) is 11.6. The normalized spacial score (nSPS) is 10.5. The summed E-state index contributed by atoms with van der Waals surface area (Å²) in [6, 6.07) is 11.6. The fourth-order valence-electron chi connectivity index (χ4n) is 2.14. The van der Waals surface area contributed by atoms with Crippen LogP contribution in [0.3, 0.4) is 0 Å². The van der Waals surface area contributed by atoms with Crippen LogP contribution in [0, 0.1) is 6.92 Å². The Balaban J connectivity index is 1.67. The average Bonchev–Trinajstić information content (AvgIpc) is 3.11. The molecule has 0 aliphatic rings. The van der Waals surface area contributed by atoms with Crippen LogP contribution in [0.5, 0.6) is 0 Å². The summed E-state index contributed by atoms with van der Waals surface area (Å²) in [5.41, 5.74) is 3.80. The van der Waals surface area contributed by atoms with Crippen molar-refractivity contribution in [3.63, 3.8) is 0 Å². The molecule has 3 rings (SSSR count). The van der Waals surface area contributed by atoms with Gasteiger partial charge in [-0.25, -0.2) is 4.98 Å². The minimum atomic E-state index is 0.00106. The molecule has 3 aromatic rings.